The molecule has 0 saturated heterocycles. The lowest BCUT2D eigenvalue weighted by molar-refractivity contribution is -0.138. The zero-order chi connectivity index (χ0) is 24.8. The Morgan fingerprint density at radius 2 is 1.06 bits per heavy atom. The standard InChI is InChI=1S/C8H4Br3F3.C8H6BrF3.CCl4/c9-4-1-2-5(7(10)11)6(3-4)8(12,13)14;1-5-2-3-6(9)4-7(5)8(10,11)12;2-1(3,4)5/h1-3,7H;2-4H,1H3;. The maximum atomic E-state index is 12.5. The molecule has 31 heavy (non-hydrogen) atoms. The minimum Gasteiger partial charge on any atom is -0.166 e. The van der Waals surface area contributed by atoms with Crippen molar-refractivity contribution in [3.05, 3.63) is 67.6 Å². The van der Waals surface area contributed by atoms with Crippen molar-refractivity contribution < 1.29 is 26.3 Å². The maximum Gasteiger partial charge on any atom is 0.416 e. The third-order valence-corrected chi connectivity index (χ3v) is 5.03. The molecule has 2 aromatic rings. The van der Waals surface area contributed by atoms with E-state index in [4.69, 9.17) is 46.4 Å². The van der Waals surface area contributed by atoms with E-state index in [0.29, 0.717) is 8.95 Å². The average molecular weight is 790 g/mol. The second kappa shape index (κ2) is 13.3. The van der Waals surface area contributed by atoms with Crippen molar-refractivity contribution in [2.24, 2.45) is 0 Å². The predicted molar refractivity (Wildman–Crippen MR) is 130 cm³/mol. The molecule has 0 radical (unpaired) electrons. The van der Waals surface area contributed by atoms with E-state index in [1.165, 1.54) is 19.1 Å². The Morgan fingerprint density at radius 1 is 0.710 bits per heavy atom. The lowest BCUT2D eigenvalue weighted by Gasteiger charge is -2.13. The first kappa shape index (κ1) is 32.1. The molecule has 0 saturated carbocycles. The molecular weight excluding hydrogens is 780 g/mol. The molecule has 176 valence electrons. The number of rotatable bonds is 1. The Bertz CT molecular complexity index is 846. The third kappa shape index (κ3) is 14.2. The highest BCUT2D eigenvalue weighted by Crippen LogP contribution is 2.41. The van der Waals surface area contributed by atoms with Crippen LogP contribution in [0.5, 0.6) is 0 Å². The fourth-order valence-corrected chi connectivity index (χ4v) is 3.38. The molecule has 0 bridgehead atoms. The van der Waals surface area contributed by atoms with Crippen LogP contribution in [0, 0.1) is 6.92 Å². The van der Waals surface area contributed by atoms with Crippen molar-refractivity contribution in [2.45, 2.75) is 26.3 Å². The molecule has 0 aliphatic heterocycles. The smallest absolute Gasteiger partial charge is 0.166 e. The van der Waals surface area contributed by atoms with E-state index in [2.05, 4.69) is 63.7 Å². The summed E-state index contributed by atoms with van der Waals surface area (Å²) in [5, 5.41) is 0. The lowest BCUT2D eigenvalue weighted by Crippen LogP contribution is -2.08. The second-order valence-corrected chi connectivity index (χ2v) is 13.7. The first-order valence-corrected chi connectivity index (χ1v) is 12.4. The maximum absolute atomic E-state index is 12.5. The summed E-state index contributed by atoms with van der Waals surface area (Å²) >= 11 is 31.4. The van der Waals surface area contributed by atoms with Gasteiger partial charge in [0.2, 0.25) is 0 Å². The van der Waals surface area contributed by atoms with E-state index in [9.17, 15) is 26.3 Å². The number of aryl methyl sites for hydroxylation is 1. The van der Waals surface area contributed by atoms with Gasteiger partial charge in [-0.2, -0.15) is 26.3 Å². The van der Waals surface area contributed by atoms with Gasteiger partial charge in [-0.15, -0.1) is 0 Å². The van der Waals surface area contributed by atoms with Gasteiger partial charge in [0, 0.05) is 8.95 Å². The molecule has 0 nitrogen and oxygen atoms in total. The molecule has 0 aromatic heterocycles. The molecule has 0 atom stereocenters. The van der Waals surface area contributed by atoms with Crippen LogP contribution in [0.25, 0.3) is 0 Å². The van der Waals surface area contributed by atoms with Crippen molar-refractivity contribution in [1.29, 1.82) is 0 Å². The minimum absolute atomic E-state index is 0.167. The monoisotopic (exact) mass is 784 g/mol. The van der Waals surface area contributed by atoms with Gasteiger partial charge in [-0.3, -0.25) is 0 Å². The van der Waals surface area contributed by atoms with Crippen LogP contribution in [0.15, 0.2) is 45.3 Å². The van der Waals surface area contributed by atoms with Gasteiger partial charge in [0.25, 0.3) is 3.25 Å². The van der Waals surface area contributed by atoms with E-state index in [1.54, 1.807) is 12.1 Å². The van der Waals surface area contributed by atoms with E-state index in [1.807, 2.05) is 0 Å². The Morgan fingerprint density at radius 3 is 1.39 bits per heavy atom. The van der Waals surface area contributed by atoms with E-state index in [0.717, 1.165) is 12.1 Å². The minimum atomic E-state index is -4.33. The zero-order valence-electron chi connectivity index (χ0n) is 14.8. The number of alkyl halides is 12. The first-order chi connectivity index (χ1) is 13.7. The van der Waals surface area contributed by atoms with Gasteiger partial charge in [-0.1, -0.05) is 122 Å². The molecule has 2 rings (SSSR count). The Balaban J connectivity index is 0.000000483. The summed E-state index contributed by atoms with van der Waals surface area (Å²) in [6, 6.07) is 8.15. The van der Waals surface area contributed by atoms with Crippen molar-refractivity contribution >= 4 is 110 Å². The number of hydrogen-bond donors (Lipinski definition) is 0. The number of benzene rings is 2. The predicted octanol–water partition coefficient (Wildman–Crippen LogP) is 11.6. The second-order valence-electron chi connectivity index (χ2n) is 5.42. The van der Waals surface area contributed by atoms with Crippen molar-refractivity contribution in [2.75, 3.05) is 0 Å². The summed E-state index contributed by atoms with van der Waals surface area (Å²) in [5.74, 6) is 0. The first-order valence-electron chi connectivity index (χ1n) is 7.47. The van der Waals surface area contributed by atoms with E-state index >= 15 is 0 Å². The van der Waals surface area contributed by atoms with Gasteiger partial charge in [0.15, 0.2) is 0 Å². The molecule has 0 spiro atoms. The molecule has 14 heteroatoms. The van der Waals surface area contributed by atoms with Crippen molar-refractivity contribution in [1.82, 2.24) is 0 Å². The summed E-state index contributed by atoms with van der Waals surface area (Å²) in [6.07, 6.45) is -8.59. The van der Waals surface area contributed by atoms with Crippen LogP contribution in [0.4, 0.5) is 26.3 Å². The fraction of sp³-hybridized carbons (Fsp3) is 0.294. The molecular formula is C17H10Br4Cl4F6. The summed E-state index contributed by atoms with van der Waals surface area (Å²) in [5.41, 5.74) is -0.825. The van der Waals surface area contributed by atoms with Gasteiger partial charge in [0.1, 0.15) is 0 Å². The molecule has 0 aliphatic carbocycles. The Hall–Kier alpha value is 1.10. The van der Waals surface area contributed by atoms with Gasteiger partial charge in [0.05, 0.1) is 14.9 Å². The van der Waals surface area contributed by atoms with Gasteiger partial charge in [-0.25, -0.2) is 0 Å². The van der Waals surface area contributed by atoms with Crippen LogP contribution in [0.1, 0.15) is 26.0 Å². The van der Waals surface area contributed by atoms with Crippen LogP contribution < -0.4 is 0 Å². The third-order valence-electron chi connectivity index (χ3n) is 3.06. The highest BCUT2D eigenvalue weighted by atomic mass is 79.9. The van der Waals surface area contributed by atoms with Gasteiger partial charge >= 0.3 is 12.4 Å². The molecule has 0 N–H and O–H groups in total. The van der Waals surface area contributed by atoms with Crippen LogP contribution in [-0.4, -0.2) is 3.25 Å². The Labute approximate surface area is 228 Å². The molecule has 0 unspecified atom stereocenters. The van der Waals surface area contributed by atoms with E-state index < -0.39 is 30.5 Å². The molecule has 2 aromatic carbocycles. The van der Waals surface area contributed by atoms with Gasteiger partial charge in [-0.05, 0) is 42.3 Å². The van der Waals surface area contributed by atoms with Crippen LogP contribution >= 0.6 is 110 Å². The normalized spacial score (nSPS) is 12.0. The highest BCUT2D eigenvalue weighted by molar-refractivity contribution is 9.24. The fourth-order valence-electron chi connectivity index (χ4n) is 1.86. The van der Waals surface area contributed by atoms with Crippen LogP contribution in [0.2, 0.25) is 0 Å². The summed E-state index contributed by atoms with van der Waals surface area (Å²) in [4.78, 5) is 0. The van der Waals surface area contributed by atoms with Crippen molar-refractivity contribution in [3.8, 4) is 0 Å². The lowest BCUT2D eigenvalue weighted by atomic mass is 10.1. The molecule has 0 aliphatic rings. The summed E-state index contributed by atoms with van der Waals surface area (Å²) < 4.78 is 72.9. The Kier molecular flexibility index (Phi) is 13.7. The summed E-state index contributed by atoms with van der Waals surface area (Å²) in [6.45, 7) is 1.44. The van der Waals surface area contributed by atoms with E-state index in [-0.39, 0.29) is 11.1 Å². The van der Waals surface area contributed by atoms with Gasteiger partial charge < -0.3 is 0 Å². The van der Waals surface area contributed by atoms with Crippen LogP contribution in [0.3, 0.4) is 0 Å². The number of hydrogen-bond acceptors (Lipinski definition) is 0. The summed E-state index contributed by atoms with van der Waals surface area (Å²) in [7, 11) is 0. The topological polar surface area (TPSA) is 0 Å². The SMILES string of the molecule is Cc1ccc(Br)cc1C(F)(F)F.ClC(Cl)(Cl)Cl.FC(F)(F)c1cc(Br)ccc1C(Br)Br. The van der Waals surface area contributed by atoms with Crippen molar-refractivity contribution in [3.63, 3.8) is 0 Å². The molecule has 0 fully saturated rings. The quantitative estimate of drug-likeness (QED) is 0.199. The largest absolute Gasteiger partial charge is 0.416 e. The zero-order valence-corrected chi connectivity index (χ0v) is 24.2. The molecule has 0 heterocycles. The highest BCUT2D eigenvalue weighted by Gasteiger charge is 2.34. The number of halogens is 14. The van der Waals surface area contributed by atoms with Crippen LogP contribution in [-0.2, 0) is 12.4 Å². The molecule has 0 amide bonds. The average Bonchev–Trinajstić information content (AvgIpc) is 2.54.